The van der Waals surface area contributed by atoms with E-state index in [1.165, 1.54) is 0 Å². The van der Waals surface area contributed by atoms with Crippen molar-refractivity contribution in [3.8, 4) is 0 Å². The fourth-order valence-electron chi connectivity index (χ4n) is 2.42. The van der Waals surface area contributed by atoms with E-state index in [0.29, 0.717) is 12.6 Å². The molecule has 4 atom stereocenters. The van der Waals surface area contributed by atoms with E-state index in [1.807, 2.05) is 13.0 Å². The summed E-state index contributed by atoms with van der Waals surface area (Å²) in [5.74, 6) is -0.502. The third-order valence-corrected chi connectivity index (χ3v) is 3.36. The highest BCUT2D eigenvalue weighted by atomic mass is 16.7. The molecule has 3 heteroatoms. The minimum Gasteiger partial charge on any atom is -0.348 e. The summed E-state index contributed by atoms with van der Waals surface area (Å²) in [5.41, 5.74) is 0.158. The second-order valence-electron chi connectivity index (χ2n) is 3.93. The summed E-state index contributed by atoms with van der Waals surface area (Å²) >= 11 is 0. The van der Waals surface area contributed by atoms with Gasteiger partial charge < -0.3 is 9.47 Å². The third-order valence-electron chi connectivity index (χ3n) is 3.36. The predicted molar refractivity (Wildman–Crippen MR) is 50.5 cm³/mol. The Hall–Kier alpha value is -0.380. The monoisotopic (exact) mass is 183 g/mol. The van der Waals surface area contributed by atoms with Crippen molar-refractivity contribution in [3.63, 3.8) is 0 Å². The molecular weight excluding hydrogens is 166 g/mol. The molecule has 1 aliphatic heterocycles. The molecule has 0 aromatic rings. The Morgan fingerprint density at radius 1 is 1.46 bits per heavy atom. The van der Waals surface area contributed by atoms with Gasteiger partial charge in [-0.1, -0.05) is 6.08 Å². The molecule has 0 aromatic heterocycles. The van der Waals surface area contributed by atoms with Gasteiger partial charge in [-0.15, -0.1) is 0 Å². The van der Waals surface area contributed by atoms with Crippen LogP contribution in [0.5, 0.6) is 0 Å². The highest BCUT2D eigenvalue weighted by Crippen LogP contribution is 2.53. The molecule has 13 heavy (non-hydrogen) atoms. The Kier molecular flexibility index (Phi) is 1.81. The molecule has 0 spiro atoms. The minimum absolute atomic E-state index is 0.158. The van der Waals surface area contributed by atoms with Gasteiger partial charge in [0.2, 0.25) is 5.79 Å². The molecular formula is C10H17NO2. The van der Waals surface area contributed by atoms with Crippen molar-refractivity contribution in [2.24, 2.45) is 0 Å². The second kappa shape index (κ2) is 2.56. The average molecular weight is 183 g/mol. The Morgan fingerprint density at radius 3 is 2.54 bits per heavy atom. The molecule has 1 heterocycles. The molecule has 74 valence electrons. The van der Waals surface area contributed by atoms with Crippen LogP contribution in [0.15, 0.2) is 12.2 Å². The molecule has 0 N–H and O–H groups in total. The number of nitrogens with zero attached hydrogens (tertiary/aromatic N) is 1. The number of hydrogen-bond acceptors (Lipinski definition) is 3. The number of ether oxygens (including phenoxy) is 2. The van der Waals surface area contributed by atoms with Gasteiger partial charge in [-0.05, 0) is 27.0 Å². The summed E-state index contributed by atoms with van der Waals surface area (Å²) in [5, 5.41) is 0. The zero-order valence-electron chi connectivity index (χ0n) is 8.70. The molecule has 0 aromatic carbocycles. The van der Waals surface area contributed by atoms with Gasteiger partial charge in [-0.25, -0.2) is 0 Å². The number of fused-ring (bicyclic) bond motifs is 1. The fraction of sp³-hybridized carbons (Fsp3) is 0.800. The topological polar surface area (TPSA) is 21.5 Å². The van der Waals surface area contributed by atoms with Gasteiger partial charge in [-0.3, -0.25) is 4.90 Å². The summed E-state index contributed by atoms with van der Waals surface area (Å²) in [4.78, 5) is 2.27. The molecule has 2 rings (SSSR count). The number of methoxy groups -OCH3 is 1. The third kappa shape index (κ3) is 0.951. The van der Waals surface area contributed by atoms with Gasteiger partial charge >= 0.3 is 0 Å². The van der Waals surface area contributed by atoms with Crippen molar-refractivity contribution in [1.82, 2.24) is 4.90 Å². The van der Waals surface area contributed by atoms with E-state index in [-0.39, 0.29) is 5.54 Å². The highest BCUT2D eigenvalue weighted by Gasteiger charge is 2.69. The van der Waals surface area contributed by atoms with Gasteiger partial charge in [-0.2, -0.15) is 0 Å². The quantitative estimate of drug-likeness (QED) is 0.370. The van der Waals surface area contributed by atoms with E-state index in [2.05, 4.69) is 24.9 Å². The SMILES string of the molecule is CCO[C@]1(OC)C=C[C@@]2(C)[C@@H]1N2C. The molecule has 2 aliphatic rings. The van der Waals surface area contributed by atoms with E-state index in [1.54, 1.807) is 7.11 Å². The van der Waals surface area contributed by atoms with Crippen LogP contribution in [0.1, 0.15) is 13.8 Å². The Morgan fingerprint density at radius 2 is 2.15 bits per heavy atom. The predicted octanol–water partition coefficient (Wildman–Crippen LogP) is 1.01. The summed E-state index contributed by atoms with van der Waals surface area (Å²) in [6, 6.07) is 0.352. The number of likely N-dealkylation sites (N-methyl/N-ethyl adjacent to an activating group) is 1. The molecule has 1 saturated heterocycles. The minimum atomic E-state index is -0.502. The van der Waals surface area contributed by atoms with Gasteiger partial charge in [0, 0.05) is 13.7 Å². The summed E-state index contributed by atoms with van der Waals surface area (Å²) < 4.78 is 11.2. The van der Waals surface area contributed by atoms with E-state index in [9.17, 15) is 0 Å². The van der Waals surface area contributed by atoms with Gasteiger partial charge in [0.15, 0.2) is 0 Å². The molecule has 1 fully saturated rings. The zero-order valence-corrected chi connectivity index (χ0v) is 8.70. The first-order valence-corrected chi connectivity index (χ1v) is 4.73. The zero-order chi connectivity index (χ0) is 9.69. The largest absolute Gasteiger partial charge is 0.348 e. The lowest BCUT2D eigenvalue weighted by molar-refractivity contribution is -0.188. The smallest absolute Gasteiger partial charge is 0.205 e. The summed E-state index contributed by atoms with van der Waals surface area (Å²) in [6.45, 7) is 4.87. The first-order valence-electron chi connectivity index (χ1n) is 4.73. The average Bonchev–Trinajstić information content (AvgIpc) is 2.54. The molecule has 0 saturated carbocycles. The first-order chi connectivity index (χ1) is 6.11. The first kappa shape index (κ1) is 9.19. The lowest BCUT2D eigenvalue weighted by Crippen LogP contribution is -2.39. The van der Waals surface area contributed by atoms with Crippen molar-refractivity contribution in [3.05, 3.63) is 12.2 Å². The molecule has 0 radical (unpaired) electrons. The van der Waals surface area contributed by atoms with Crippen LogP contribution in [0.4, 0.5) is 0 Å². The van der Waals surface area contributed by atoms with Crippen LogP contribution in [0.3, 0.4) is 0 Å². The Bertz CT molecular complexity index is 253. The second-order valence-corrected chi connectivity index (χ2v) is 3.93. The van der Waals surface area contributed by atoms with Crippen LogP contribution in [0.2, 0.25) is 0 Å². The fourth-order valence-corrected chi connectivity index (χ4v) is 2.42. The van der Waals surface area contributed by atoms with Gasteiger partial charge in [0.25, 0.3) is 0 Å². The van der Waals surface area contributed by atoms with Crippen molar-refractivity contribution >= 4 is 0 Å². The summed E-state index contributed by atoms with van der Waals surface area (Å²) in [6.07, 6.45) is 4.22. The standard InChI is InChI=1S/C10H17NO2/c1-5-13-10(12-4)7-6-9(2)8(10)11(9)3/h6-8H,5H2,1-4H3/t8-,9-,10+,11?/m0/s1. The van der Waals surface area contributed by atoms with E-state index < -0.39 is 5.79 Å². The molecule has 1 aliphatic carbocycles. The van der Waals surface area contributed by atoms with Gasteiger partial charge in [0.05, 0.1) is 11.6 Å². The number of hydrogen-bond donors (Lipinski definition) is 0. The molecule has 0 bridgehead atoms. The maximum Gasteiger partial charge on any atom is 0.205 e. The van der Waals surface area contributed by atoms with Crippen LogP contribution in [0.25, 0.3) is 0 Å². The van der Waals surface area contributed by atoms with Crippen LogP contribution in [-0.2, 0) is 9.47 Å². The van der Waals surface area contributed by atoms with Gasteiger partial charge in [0.1, 0.15) is 0 Å². The lowest BCUT2D eigenvalue weighted by Gasteiger charge is -2.27. The van der Waals surface area contributed by atoms with Crippen molar-refractivity contribution in [2.75, 3.05) is 20.8 Å². The molecule has 3 nitrogen and oxygen atoms in total. The lowest BCUT2D eigenvalue weighted by atomic mass is 10.1. The van der Waals surface area contributed by atoms with Crippen molar-refractivity contribution < 1.29 is 9.47 Å². The van der Waals surface area contributed by atoms with E-state index in [4.69, 9.17) is 9.47 Å². The van der Waals surface area contributed by atoms with Crippen LogP contribution < -0.4 is 0 Å². The normalized spacial score (nSPS) is 52.3. The molecule has 0 amide bonds. The maximum atomic E-state index is 5.68. The Balaban J connectivity index is 2.22. The van der Waals surface area contributed by atoms with Crippen LogP contribution in [-0.4, -0.2) is 43.0 Å². The highest BCUT2D eigenvalue weighted by molar-refractivity contribution is 5.38. The van der Waals surface area contributed by atoms with Crippen molar-refractivity contribution in [1.29, 1.82) is 0 Å². The van der Waals surface area contributed by atoms with Crippen molar-refractivity contribution in [2.45, 2.75) is 31.2 Å². The maximum absolute atomic E-state index is 5.68. The van der Waals surface area contributed by atoms with Crippen LogP contribution in [0, 0.1) is 0 Å². The van der Waals surface area contributed by atoms with E-state index in [0.717, 1.165) is 0 Å². The number of rotatable bonds is 3. The molecule has 1 unspecified atom stereocenters. The summed E-state index contributed by atoms with van der Waals surface area (Å²) in [7, 11) is 3.80. The Labute approximate surface area is 79.3 Å². The van der Waals surface area contributed by atoms with E-state index >= 15 is 0 Å². The van der Waals surface area contributed by atoms with Crippen LogP contribution >= 0.6 is 0 Å².